The topological polar surface area (TPSA) is 66.8 Å². The third kappa shape index (κ3) is 3.19. The van der Waals surface area contributed by atoms with Crippen LogP contribution < -0.4 is 4.74 Å². The molecule has 0 saturated carbocycles. The van der Waals surface area contributed by atoms with E-state index in [9.17, 15) is 15.0 Å². The Labute approximate surface area is 152 Å². The summed E-state index contributed by atoms with van der Waals surface area (Å²) in [7, 11) is 1.56. The first-order valence-electron chi connectivity index (χ1n) is 8.27. The van der Waals surface area contributed by atoms with Gasteiger partial charge in [-0.2, -0.15) is 0 Å². The summed E-state index contributed by atoms with van der Waals surface area (Å²) >= 11 is 0. The third-order valence-corrected chi connectivity index (χ3v) is 4.54. The van der Waals surface area contributed by atoms with Gasteiger partial charge >= 0.3 is 5.97 Å². The number of aliphatic carboxylic acids is 1. The molecule has 0 amide bonds. The fraction of sp³-hybridized carbons (Fsp3) is 0.136. The molecule has 0 radical (unpaired) electrons. The van der Waals surface area contributed by atoms with Crippen molar-refractivity contribution in [2.24, 2.45) is 0 Å². The Morgan fingerprint density at radius 2 is 1.35 bits per heavy atom. The van der Waals surface area contributed by atoms with E-state index in [-0.39, 0.29) is 0 Å². The Kier molecular flexibility index (Phi) is 5.05. The number of methoxy groups -OCH3 is 1. The van der Waals surface area contributed by atoms with Crippen LogP contribution in [-0.2, 0) is 10.4 Å². The number of ether oxygens (including phenoxy) is 1. The van der Waals surface area contributed by atoms with E-state index in [1.165, 1.54) is 0 Å². The van der Waals surface area contributed by atoms with E-state index >= 15 is 0 Å². The molecule has 2 N–H and O–H groups in total. The Bertz CT molecular complexity index is 860. The van der Waals surface area contributed by atoms with Crippen LogP contribution in [0.3, 0.4) is 0 Å². The van der Waals surface area contributed by atoms with E-state index in [2.05, 4.69) is 0 Å². The van der Waals surface area contributed by atoms with E-state index in [0.29, 0.717) is 22.4 Å². The van der Waals surface area contributed by atoms with Crippen molar-refractivity contribution in [2.45, 2.75) is 11.5 Å². The molecule has 0 aliphatic rings. The number of rotatable bonds is 6. The molecule has 4 nitrogen and oxygen atoms in total. The van der Waals surface area contributed by atoms with Crippen LogP contribution in [0.4, 0.5) is 0 Å². The summed E-state index contributed by atoms with van der Waals surface area (Å²) in [6.07, 6.45) is 0. The van der Waals surface area contributed by atoms with Crippen molar-refractivity contribution in [3.05, 3.63) is 102 Å². The zero-order valence-electron chi connectivity index (χ0n) is 14.4. The van der Waals surface area contributed by atoms with Gasteiger partial charge in [-0.05, 0) is 28.8 Å². The summed E-state index contributed by atoms with van der Waals surface area (Å²) in [5, 5.41) is 21.8. The lowest BCUT2D eigenvalue weighted by Gasteiger charge is -2.35. The number of carboxylic acid groups (broad SMARTS) is 1. The van der Waals surface area contributed by atoms with Gasteiger partial charge in [-0.25, -0.2) is 0 Å². The molecule has 3 aromatic carbocycles. The van der Waals surface area contributed by atoms with Crippen LogP contribution in [-0.4, -0.2) is 23.3 Å². The van der Waals surface area contributed by atoms with E-state index in [4.69, 9.17) is 4.74 Å². The third-order valence-electron chi connectivity index (χ3n) is 4.54. The summed E-state index contributed by atoms with van der Waals surface area (Å²) < 4.78 is 5.18. The van der Waals surface area contributed by atoms with Crippen molar-refractivity contribution < 1.29 is 19.7 Å². The van der Waals surface area contributed by atoms with E-state index in [1.807, 2.05) is 12.1 Å². The second kappa shape index (κ2) is 7.42. The molecule has 26 heavy (non-hydrogen) atoms. The van der Waals surface area contributed by atoms with Crippen LogP contribution in [0.15, 0.2) is 84.9 Å². The number of carboxylic acids is 1. The maximum atomic E-state index is 12.2. The van der Waals surface area contributed by atoms with Crippen molar-refractivity contribution in [3.8, 4) is 5.75 Å². The van der Waals surface area contributed by atoms with Gasteiger partial charge in [-0.3, -0.25) is 4.79 Å². The smallest absolute Gasteiger partial charge is 0.314 e. The van der Waals surface area contributed by atoms with Gasteiger partial charge in [0.25, 0.3) is 0 Å². The predicted octanol–water partition coefficient (Wildman–Crippen LogP) is 3.80. The monoisotopic (exact) mass is 348 g/mol. The molecule has 0 aliphatic carbocycles. The molecule has 0 unspecified atom stereocenters. The quantitative estimate of drug-likeness (QED) is 0.711. The zero-order chi connectivity index (χ0) is 18.6. The van der Waals surface area contributed by atoms with Crippen molar-refractivity contribution in [2.75, 3.05) is 7.11 Å². The maximum absolute atomic E-state index is 12.2. The first-order valence-corrected chi connectivity index (χ1v) is 8.27. The highest BCUT2D eigenvalue weighted by molar-refractivity contribution is 5.79. The lowest BCUT2D eigenvalue weighted by atomic mass is 9.73. The van der Waals surface area contributed by atoms with Crippen molar-refractivity contribution in [3.63, 3.8) is 0 Å². The second-order valence-corrected chi connectivity index (χ2v) is 6.04. The molecule has 0 aliphatic heterocycles. The van der Waals surface area contributed by atoms with Gasteiger partial charge < -0.3 is 14.9 Å². The molecule has 3 aromatic rings. The summed E-state index contributed by atoms with van der Waals surface area (Å²) in [6.45, 7) is 0. The molecule has 132 valence electrons. The Morgan fingerprint density at radius 1 is 0.846 bits per heavy atom. The molecular weight excluding hydrogens is 328 g/mol. The van der Waals surface area contributed by atoms with E-state index in [0.717, 1.165) is 0 Å². The first-order chi connectivity index (χ1) is 12.6. The van der Waals surface area contributed by atoms with E-state index in [1.54, 1.807) is 79.9 Å². The molecule has 4 heteroatoms. The van der Waals surface area contributed by atoms with Gasteiger partial charge in [0.1, 0.15) is 17.3 Å². The zero-order valence-corrected chi connectivity index (χ0v) is 14.4. The van der Waals surface area contributed by atoms with Gasteiger partial charge in [0.2, 0.25) is 0 Å². The van der Waals surface area contributed by atoms with Gasteiger partial charge in [-0.1, -0.05) is 72.8 Å². The fourth-order valence-electron chi connectivity index (χ4n) is 3.25. The summed E-state index contributed by atoms with van der Waals surface area (Å²) in [6, 6.07) is 24.5. The number of carbonyl (C=O) groups is 1. The van der Waals surface area contributed by atoms with Crippen LogP contribution in [0.1, 0.15) is 22.6 Å². The Morgan fingerprint density at radius 3 is 1.85 bits per heavy atom. The second-order valence-electron chi connectivity index (χ2n) is 6.04. The minimum Gasteiger partial charge on any atom is -0.497 e. The largest absolute Gasteiger partial charge is 0.497 e. The highest BCUT2D eigenvalue weighted by Gasteiger charge is 2.45. The highest BCUT2D eigenvalue weighted by Crippen LogP contribution is 2.43. The predicted molar refractivity (Wildman–Crippen MR) is 99.3 cm³/mol. The lowest BCUT2D eigenvalue weighted by Crippen LogP contribution is -2.39. The SMILES string of the molecule is COc1ccc([C@](O)(c2ccccc2)[C@H](C(=O)O)c2ccccc2)cc1. The average Bonchev–Trinajstić information content (AvgIpc) is 2.69. The molecule has 3 rings (SSSR count). The molecule has 0 saturated heterocycles. The van der Waals surface area contributed by atoms with Crippen LogP contribution >= 0.6 is 0 Å². The molecule has 0 fully saturated rings. The molecular formula is C22H20O4. The molecule has 2 atom stereocenters. The summed E-state index contributed by atoms with van der Waals surface area (Å²) in [5.74, 6) is -1.63. The van der Waals surface area contributed by atoms with Crippen molar-refractivity contribution in [1.82, 2.24) is 0 Å². The number of hydrogen-bond donors (Lipinski definition) is 2. The standard InChI is InChI=1S/C22H20O4/c1-26-19-14-12-18(13-15-19)22(25,17-10-6-3-7-11-17)20(21(23)24)16-8-4-2-5-9-16/h2-15,20,25H,1H3,(H,23,24)/t20-,22+/m0/s1. The average molecular weight is 348 g/mol. The maximum Gasteiger partial charge on any atom is 0.314 e. The molecule has 0 aromatic heterocycles. The van der Waals surface area contributed by atoms with Gasteiger partial charge in [0, 0.05) is 0 Å². The molecule has 0 heterocycles. The van der Waals surface area contributed by atoms with Crippen molar-refractivity contribution >= 4 is 5.97 Å². The van der Waals surface area contributed by atoms with Gasteiger partial charge in [0.05, 0.1) is 7.11 Å². The number of benzene rings is 3. The van der Waals surface area contributed by atoms with Gasteiger partial charge in [0.15, 0.2) is 0 Å². The minimum atomic E-state index is -1.74. The van der Waals surface area contributed by atoms with Crippen LogP contribution in [0.2, 0.25) is 0 Å². The fourth-order valence-corrected chi connectivity index (χ4v) is 3.25. The molecule has 0 bridgehead atoms. The van der Waals surface area contributed by atoms with E-state index < -0.39 is 17.5 Å². The Balaban J connectivity index is 2.24. The van der Waals surface area contributed by atoms with Crippen LogP contribution in [0, 0.1) is 0 Å². The van der Waals surface area contributed by atoms with Gasteiger partial charge in [-0.15, -0.1) is 0 Å². The first kappa shape index (κ1) is 17.7. The minimum absolute atomic E-state index is 0.487. The summed E-state index contributed by atoms with van der Waals surface area (Å²) in [5.41, 5.74) is -0.204. The lowest BCUT2D eigenvalue weighted by molar-refractivity contribution is -0.144. The van der Waals surface area contributed by atoms with Crippen LogP contribution in [0.25, 0.3) is 0 Å². The number of aliphatic hydroxyl groups is 1. The normalized spacial score (nSPS) is 14.2. The Hall–Kier alpha value is -3.11. The number of hydrogen-bond acceptors (Lipinski definition) is 3. The van der Waals surface area contributed by atoms with Crippen LogP contribution in [0.5, 0.6) is 5.75 Å². The van der Waals surface area contributed by atoms with Crippen molar-refractivity contribution in [1.29, 1.82) is 0 Å². The molecule has 0 spiro atoms. The summed E-state index contributed by atoms with van der Waals surface area (Å²) in [4.78, 5) is 12.2. The highest BCUT2D eigenvalue weighted by atomic mass is 16.5.